The van der Waals surface area contributed by atoms with Gasteiger partial charge in [-0.3, -0.25) is 9.59 Å². The van der Waals surface area contributed by atoms with Gasteiger partial charge in [0.2, 0.25) is 0 Å². The number of nitrogens with zero attached hydrogens (tertiary/aromatic N) is 2. The minimum Gasteiger partial charge on any atom is -0.496 e. The molecule has 0 aliphatic carbocycles. The molecule has 25 heavy (non-hydrogen) atoms. The van der Waals surface area contributed by atoms with Crippen LogP contribution in [0.15, 0.2) is 48.7 Å². The van der Waals surface area contributed by atoms with Crippen LogP contribution in [-0.2, 0) is 9.53 Å². The molecule has 0 aliphatic rings. The van der Waals surface area contributed by atoms with E-state index in [1.807, 2.05) is 36.4 Å². The highest BCUT2D eigenvalue weighted by atomic mass is 16.5. The van der Waals surface area contributed by atoms with Crippen LogP contribution in [-0.4, -0.2) is 42.3 Å². The highest BCUT2D eigenvalue weighted by Gasteiger charge is 2.16. The lowest BCUT2D eigenvalue weighted by atomic mass is 10.0. The van der Waals surface area contributed by atoms with E-state index in [9.17, 15) is 9.59 Å². The Morgan fingerprint density at radius 2 is 1.92 bits per heavy atom. The molecule has 0 saturated heterocycles. The highest BCUT2D eigenvalue weighted by Crippen LogP contribution is 2.33. The molecule has 0 bridgehead atoms. The maximum absolute atomic E-state index is 12.3. The standard InChI is InChI=1S/C18H17N3O4/c1-24-16-8-4-3-6-12(16)13-10-14(18(23)19-11-17(22)25-2)20-21-9-5-7-15(13)21/h3-10H,11H2,1-2H3,(H,19,23). The SMILES string of the molecule is COC(=O)CNC(=O)c1cc(-c2ccccc2OC)c2cccn2n1. The number of hydrogen-bond acceptors (Lipinski definition) is 5. The number of aromatic nitrogens is 2. The third-order valence-electron chi connectivity index (χ3n) is 3.75. The molecule has 0 radical (unpaired) electrons. The summed E-state index contributed by atoms with van der Waals surface area (Å²) in [6.07, 6.45) is 1.76. The Hall–Kier alpha value is -3.35. The fourth-order valence-corrected chi connectivity index (χ4v) is 2.54. The zero-order chi connectivity index (χ0) is 17.8. The number of rotatable bonds is 5. The van der Waals surface area contributed by atoms with Crippen molar-refractivity contribution in [2.75, 3.05) is 20.8 Å². The predicted octanol–water partition coefficient (Wildman–Crippen LogP) is 1.91. The van der Waals surface area contributed by atoms with Crippen LogP contribution < -0.4 is 10.1 Å². The van der Waals surface area contributed by atoms with Crippen molar-refractivity contribution in [3.05, 3.63) is 54.4 Å². The van der Waals surface area contributed by atoms with Gasteiger partial charge in [0.05, 0.1) is 19.7 Å². The first-order chi connectivity index (χ1) is 12.1. The molecule has 7 nitrogen and oxygen atoms in total. The van der Waals surface area contributed by atoms with Crippen LogP contribution in [0.5, 0.6) is 5.75 Å². The van der Waals surface area contributed by atoms with Gasteiger partial charge in [0, 0.05) is 17.3 Å². The van der Waals surface area contributed by atoms with E-state index in [0.717, 1.165) is 16.6 Å². The van der Waals surface area contributed by atoms with Crippen molar-refractivity contribution in [1.29, 1.82) is 0 Å². The van der Waals surface area contributed by atoms with E-state index in [2.05, 4.69) is 15.2 Å². The lowest BCUT2D eigenvalue weighted by Gasteiger charge is -2.12. The van der Waals surface area contributed by atoms with Gasteiger partial charge in [0.1, 0.15) is 18.0 Å². The van der Waals surface area contributed by atoms with Crippen LogP contribution >= 0.6 is 0 Å². The second-order valence-electron chi connectivity index (χ2n) is 5.24. The van der Waals surface area contributed by atoms with E-state index in [0.29, 0.717) is 5.75 Å². The molecule has 0 fully saturated rings. The van der Waals surface area contributed by atoms with E-state index in [-0.39, 0.29) is 12.2 Å². The molecule has 0 saturated carbocycles. The summed E-state index contributed by atoms with van der Waals surface area (Å²) in [6, 6.07) is 13.0. The third-order valence-corrected chi connectivity index (χ3v) is 3.75. The van der Waals surface area contributed by atoms with Gasteiger partial charge < -0.3 is 14.8 Å². The van der Waals surface area contributed by atoms with Gasteiger partial charge in [-0.25, -0.2) is 4.52 Å². The largest absolute Gasteiger partial charge is 0.496 e. The summed E-state index contributed by atoms with van der Waals surface area (Å²) in [6.45, 7) is -0.218. The maximum Gasteiger partial charge on any atom is 0.325 e. The van der Waals surface area contributed by atoms with Crippen LogP contribution in [0.25, 0.3) is 16.6 Å². The van der Waals surface area contributed by atoms with Gasteiger partial charge >= 0.3 is 5.97 Å². The Balaban J connectivity index is 2.05. The number of methoxy groups -OCH3 is 2. The van der Waals surface area contributed by atoms with E-state index in [1.54, 1.807) is 23.9 Å². The molecule has 1 aromatic carbocycles. The van der Waals surface area contributed by atoms with E-state index in [4.69, 9.17) is 4.74 Å². The normalized spacial score (nSPS) is 10.5. The van der Waals surface area contributed by atoms with Crippen molar-refractivity contribution >= 4 is 17.4 Å². The van der Waals surface area contributed by atoms with Crippen LogP contribution in [0.2, 0.25) is 0 Å². The number of fused-ring (bicyclic) bond motifs is 1. The van der Waals surface area contributed by atoms with Gasteiger partial charge in [-0.2, -0.15) is 5.10 Å². The fraction of sp³-hybridized carbons (Fsp3) is 0.167. The van der Waals surface area contributed by atoms with Gasteiger partial charge in [-0.05, 0) is 24.3 Å². The molecule has 2 heterocycles. The molecule has 2 aromatic heterocycles. The molecule has 1 amide bonds. The summed E-state index contributed by atoms with van der Waals surface area (Å²) in [5.41, 5.74) is 2.68. The minimum absolute atomic E-state index is 0.188. The molecule has 0 spiro atoms. The molecule has 0 unspecified atom stereocenters. The van der Waals surface area contributed by atoms with Crippen LogP contribution in [0.3, 0.4) is 0 Å². The van der Waals surface area contributed by atoms with Gasteiger partial charge in [-0.15, -0.1) is 0 Å². The molecule has 0 atom stereocenters. The second kappa shape index (κ2) is 7.04. The van der Waals surface area contributed by atoms with Crippen molar-refractivity contribution in [3.8, 4) is 16.9 Å². The van der Waals surface area contributed by atoms with E-state index >= 15 is 0 Å². The zero-order valence-electron chi connectivity index (χ0n) is 13.9. The number of ether oxygens (including phenoxy) is 2. The van der Waals surface area contributed by atoms with Crippen molar-refractivity contribution in [3.63, 3.8) is 0 Å². The summed E-state index contributed by atoms with van der Waals surface area (Å²) in [4.78, 5) is 23.6. The maximum atomic E-state index is 12.3. The van der Waals surface area contributed by atoms with Crippen molar-refractivity contribution < 1.29 is 19.1 Å². The molecule has 128 valence electrons. The molecule has 3 aromatic rings. The summed E-state index contributed by atoms with van der Waals surface area (Å²) in [5, 5.41) is 6.79. The van der Waals surface area contributed by atoms with Gasteiger partial charge in [0.15, 0.2) is 0 Å². The second-order valence-corrected chi connectivity index (χ2v) is 5.24. The summed E-state index contributed by atoms with van der Waals surface area (Å²) in [5.74, 6) is -0.296. The summed E-state index contributed by atoms with van der Waals surface area (Å²) in [7, 11) is 2.86. The van der Waals surface area contributed by atoms with Crippen LogP contribution in [0.1, 0.15) is 10.5 Å². The lowest BCUT2D eigenvalue weighted by Crippen LogP contribution is -2.31. The number of amides is 1. The number of nitrogens with one attached hydrogen (secondary N) is 1. The molecule has 0 aliphatic heterocycles. The Morgan fingerprint density at radius 1 is 1.12 bits per heavy atom. The Morgan fingerprint density at radius 3 is 2.68 bits per heavy atom. The molecule has 3 rings (SSSR count). The van der Waals surface area contributed by atoms with Gasteiger partial charge in [-0.1, -0.05) is 18.2 Å². The highest BCUT2D eigenvalue weighted by molar-refractivity contribution is 5.97. The van der Waals surface area contributed by atoms with Crippen LogP contribution in [0, 0.1) is 0 Å². The minimum atomic E-state index is -0.527. The van der Waals surface area contributed by atoms with Crippen LogP contribution in [0.4, 0.5) is 0 Å². The number of carbonyl (C=O) groups is 2. The quantitative estimate of drug-likeness (QED) is 0.718. The Bertz CT molecular complexity index is 933. The topological polar surface area (TPSA) is 81.9 Å². The summed E-state index contributed by atoms with van der Waals surface area (Å²) < 4.78 is 11.6. The van der Waals surface area contributed by atoms with Crippen molar-refractivity contribution in [2.45, 2.75) is 0 Å². The first-order valence-electron chi connectivity index (χ1n) is 7.61. The van der Waals surface area contributed by atoms with Crippen molar-refractivity contribution in [2.24, 2.45) is 0 Å². The molecule has 1 N–H and O–H groups in total. The number of esters is 1. The van der Waals surface area contributed by atoms with E-state index < -0.39 is 11.9 Å². The van der Waals surface area contributed by atoms with Crippen molar-refractivity contribution in [1.82, 2.24) is 14.9 Å². The first-order valence-corrected chi connectivity index (χ1v) is 7.61. The average Bonchev–Trinajstić information content (AvgIpc) is 3.13. The molecular formula is C18H17N3O4. The summed E-state index contributed by atoms with van der Waals surface area (Å²) >= 11 is 0. The third kappa shape index (κ3) is 3.30. The van der Waals surface area contributed by atoms with E-state index in [1.165, 1.54) is 7.11 Å². The number of hydrogen-bond donors (Lipinski definition) is 1. The monoisotopic (exact) mass is 339 g/mol. The number of para-hydroxylation sites is 1. The lowest BCUT2D eigenvalue weighted by molar-refractivity contribution is -0.139. The predicted molar refractivity (Wildman–Crippen MR) is 91.5 cm³/mol. The molecular weight excluding hydrogens is 322 g/mol. The first kappa shape index (κ1) is 16.5. The smallest absolute Gasteiger partial charge is 0.325 e. The Labute approximate surface area is 144 Å². The number of carbonyl (C=O) groups excluding carboxylic acids is 2. The fourth-order valence-electron chi connectivity index (χ4n) is 2.54. The zero-order valence-corrected chi connectivity index (χ0v) is 13.9. The molecule has 7 heteroatoms. The van der Waals surface area contributed by atoms with Gasteiger partial charge in [0.25, 0.3) is 5.91 Å². The number of benzene rings is 1. The average molecular weight is 339 g/mol. The Kier molecular flexibility index (Phi) is 4.65.